The molecule has 1 aliphatic heterocycles. The SMILES string of the molecule is FC1(F)CCN(CC#Cc2cccnc2)C1. The van der Waals surface area contributed by atoms with Crippen LogP contribution in [0.3, 0.4) is 0 Å². The summed E-state index contributed by atoms with van der Waals surface area (Å²) in [4.78, 5) is 5.59. The molecule has 2 heterocycles. The van der Waals surface area contributed by atoms with Gasteiger partial charge in [-0.1, -0.05) is 11.8 Å². The Morgan fingerprint density at radius 3 is 3.00 bits per heavy atom. The van der Waals surface area contributed by atoms with Crippen molar-refractivity contribution in [1.82, 2.24) is 9.88 Å². The summed E-state index contributed by atoms with van der Waals surface area (Å²) in [6, 6.07) is 3.65. The molecule has 0 N–H and O–H groups in total. The smallest absolute Gasteiger partial charge is 0.261 e. The minimum atomic E-state index is -2.53. The second-order valence-corrected chi connectivity index (χ2v) is 3.86. The van der Waals surface area contributed by atoms with Gasteiger partial charge in [0.1, 0.15) is 0 Å². The van der Waals surface area contributed by atoms with Crippen LogP contribution in [-0.4, -0.2) is 35.4 Å². The highest BCUT2D eigenvalue weighted by Crippen LogP contribution is 2.26. The molecule has 0 aliphatic carbocycles. The molecule has 0 bridgehead atoms. The first-order chi connectivity index (χ1) is 7.66. The van der Waals surface area contributed by atoms with E-state index in [2.05, 4.69) is 16.8 Å². The topological polar surface area (TPSA) is 16.1 Å². The van der Waals surface area contributed by atoms with Crippen LogP contribution in [0.25, 0.3) is 0 Å². The number of rotatable bonds is 1. The highest BCUT2D eigenvalue weighted by Gasteiger charge is 2.37. The van der Waals surface area contributed by atoms with Gasteiger partial charge in [0.2, 0.25) is 0 Å². The summed E-state index contributed by atoms with van der Waals surface area (Å²) in [7, 11) is 0. The van der Waals surface area contributed by atoms with Crippen molar-refractivity contribution >= 4 is 0 Å². The third-order valence-electron chi connectivity index (χ3n) is 2.45. The summed E-state index contributed by atoms with van der Waals surface area (Å²) in [6.07, 6.45) is 3.28. The zero-order chi connectivity index (χ0) is 11.4. The Kier molecular flexibility index (Phi) is 3.16. The van der Waals surface area contributed by atoms with E-state index in [0.29, 0.717) is 13.1 Å². The maximum absolute atomic E-state index is 12.8. The van der Waals surface area contributed by atoms with E-state index in [-0.39, 0.29) is 13.0 Å². The molecule has 84 valence electrons. The molecule has 0 atom stereocenters. The van der Waals surface area contributed by atoms with Crippen LogP contribution in [-0.2, 0) is 0 Å². The van der Waals surface area contributed by atoms with Crippen molar-refractivity contribution in [3.63, 3.8) is 0 Å². The van der Waals surface area contributed by atoms with Crippen LogP contribution in [0.2, 0.25) is 0 Å². The van der Waals surface area contributed by atoms with Gasteiger partial charge in [0, 0.05) is 30.9 Å². The van der Waals surface area contributed by atoms with Crippen molar-refractivity contribution in [2.45, 2.75) is 12.3 Å². The van der Waals surface area contributed by atoms with Crippen LogP contribution in [0.5, 0.6) is 0 Å². The summed E-state index contributed by atoms with van der Waals surface area (Å²) in [5, 5.41) is 0. The molecule has 1 aromatic heterocycles. The van der Waals surface area contributed by atoms with Gasteiger partial charge in [-0.25, -0.2) is 8.78 Å². The van der Waals surface area contributed by atoms with Gasteiger partial charge >= 0.3 is 0 Å². The Labute approximate surface area is 93.3 Å². The van der Waals surface area contributed by atoms with Gasteiger partial charge in [-0.3, -0.25) is 9.88 Å². The van der Waals surface area contributed by atoms with Gasteiger partial charge in [-0.05, 0) is 12.1 Å². The van der Waals surface area contributed by atoms with Gasteiger partial charge in [-0.15, -0.1) is 0 Å². The van der Waals surface area contributed by atoms with E-state index in [1.54, 1.807) is 23.4 Å². The minimum Gasteiger partial charge on any atom is -0.286 e. The van der Waals surface area contributed by atoms with Crippen molar-refractivity contribution in [2.24, 2.45) is 0 Å². The molecule has 4 heteroatoms. The lowest BCUT2D eigenvalue weighted by Crippen LogP contribution is -2.25. The Hall–Kier alpha value is -1.47. The van der Waals surface area contributed by atoms with Gasteiger partial charge < -0.3 is 0 Å². The Morgan fingerprint density at radius 1 is 1.50 bits per heavy atom. The zero-order valence-electron chi connectivity index (χ0n) is 8.79. The van der Waals surface area contributed by atoms with Gasteiger partial charge in [0.25, 0.3) is 5.92 Å². The Balaban J connectivity index is 1.87. The predicted octanol–water partition coefficient (Wildman–Crippen LogP) is 1.77. The third-order valence-corrected chi connectivity index (χ3v) is 2.45. The molecule has 0 radical (unpaired) electrons. The Morgan fingerprint density at radius 2 is 2.38 bits per heavy atom. The number of aromatic nitrogens is 1. The van der Waals surface area contributed by atoms with Gasteiger partial charge in [-0.2, -0.15) is 0 Å². The van der Waals surface area contributed by atoms with Crippen LogP contribution in [0.1, 0.15) is 12.0 Å². The van der Waals surface area contributed by atoms with E-state index in [1.807, 2.05) is 6.07 Å². The molecule has 0 aromatic carbocycles. The van der Waals surface area contributed by atoms with Crippen molar-refractivity contribution in [3.8, 4) is 11.8 Å². The number of halogens is 2. The largest absolute Gasteiger partial charge is 0.286 e. The second-order valence-electron chi connectivity index (χ2n) is 3.86. The van der Waals surface area contributed by atoms with Crippen molar-refractivity contribution < 1.29 is 8.78 Å². The van der Waals surface area contributed by atoms with Crippen molar-refractivity contribution in [3.05, 3.63) is 30.1 Å². The number of pyridine rings is 1. The van der Waals surface area contributed by atoms with Crippen LogP contribution in [0.15, 0.2) is 24.5 Å². The summed E-state index contributed by atoms with van der Waals surface area (Å²) < 4.78 is 25.7. The summed E-state index contributed by atoms with van der Waals surface area (Å²) >= 11 is 0. The monoisotopic (exact) mass is 222 g/mol. The maximum atomic E-state index is 12.8. The Bertz CT molecular complexity index is 406. The van der Waals surface area contributed by atoms with E-state index in [1.165, 1.54) is 0 Å². The van der Waals surface area contributed by atoms with Gasteiger partial charge in [0.15, 0.2) is 0 Å². The van der Waals surface area contributed by atoms with E-state index in [9.17, 15) is 8.78 Å². The fraction of sp³-hybridized carbons (Fsp3) is 0.417. The number of hydrogen-bond acceptors (Lipinski definition) is 2. The lowest BCUT2D eigenvalue weighted by molar-refractivity contribution is 0.0135. The first-order valence-electron chi connectivity index (χ1n) is 5.15. The molecule has 1 aromatic rings. The lowest BCUT2D eigenvalue weighted by Gasteiger charge is -2.10. The molecule has 1 fully saturated rings. The van der Waals surface area contributed by atoms with Gasteiger partial charge in [0.05, 0.1) is 13.1 Å². The van der Waals surface area contributed by atoms with E-state index in [0.717, 1.165) is 5.56 Å². The number of likely N-dealkylation sites (tertiary alicyclic amines) is 1. The van der Waals surface area contributed by atoms with Crippen LogP contribution < -0.4 is 0 Å². The van der Waals surface area contributed by atoms with E-state index in [4.69, 9.17) is 0 Å². The third kappa shape index (κ3) is 3.01. The molecule has 16 heavy (non-hydrogen) atoms. The average molecular weight is 222 g/mol. The summed E-state index contributed by atoms with van der Waals surface area (Å²) in [5.74, 6) is 3.25. The zero-order valence-corrected chi connectivity index (χ0v) is 8.79. The number of nitrogens with zero attached hydrogens (tertiary/aromatic N) is 2. The van der Waals surface area contributed by atoms with Crippen molar-refractivity contribution in [1.29, 1.82) is 0 Å². The molecule has 0 unspecified atom stereocenters. The standard InChI is InChI=1S/C12H12F2N2/c13-12(14)5-8-16(10-12)7-2-4-11-3-1-6-15-9-11/h1,3,6,9H,5,7-8,10H2. The van der Waals surface area contributed by atoms with Crippen molar-refractivity contribution in [2.75, 3.05) is 19.6 Å². The molecule has 0 saturated carbocycles. The highest BCUT2D eigenvalue weighted by atomic mass is 19.3. The molecule has 1 aliphatic rings. The molecular weight excluding hydrogens is 210 g/mol. The highest BCUT2D eigenvalue weighted by molar-refractivity contribution is 5.31. The first kappa shape index (κ1) is 11.0. The summed E-state index contributed by atoms with van der Waals surface area (Å²) in [5.41, 5.74) is 0.813. The quantitative estimate of drug-likeness (QED) is 0.673. The fourth-order valence-electron chi connectivity index (χ4n) is 1.63. The second kappa shape index (κ2) is 4.58. The normalized spacial score (nSPS) is 19.1. The van der Waals surface area contributed by atoms with E-state index < -0.39 is 5.92 Å². The summed E-state index contributed by atoms with van der Waals surface area (Å²) in [6.45, 7) is 0.647. The predicted molar refractivity (Wildman–Crippen MR) is 57.1 cm³/mol. The molecule has 1 saturated heterocycles. The van der Waals surface area contributed by atoms with Crippen LogP contribution >= 0.6 is 0 Å². The average Bonchev–Trinajstić information content (AvgIpc) is 2.60. The van der Waals surface area contributed by atoms with Crippen LogP contribution in [0, 0.1) is 11.8 Å². The molecular formula is C12H12F2N2. The number of hydrogen-bond donors (Lipinski definition) is 0. The molecule has 2 rings (SSSR count). The number of alkyl halides is 2. The minimum absolute atomic E-state index is 0.0540. The first-order valence-corrected chi connectivity index (χ1v) is 5.15. The molecule has 0 spiro atoms. The molecule has 2 nitrogen and oxygen atoms in total. The molecule has 0 amide bonds. The van der Waals surface area contributed by atoms with E-state index >= 15 is 0 Å². The fourth-order valence-corrected chi connectivity index (χ4v) is 1.63. The maximum Gasteiger partial charge on any atom is 0.261 e. The lowest BCUT2D eigenvalue weighted by atomic mass is 10.3. The van der Waals surface area contributed by atoms with Crippen LogP contribution in [0.4, 0.5) is 8.78 Å².